The van der Waals surface area contributed by atoms with Crippen molar-refractivity contribution in [3.63, 3.8) is 0 Å². The van der Waals surface area contributed by atoms with Crippen LogP contribution in [0.25, 0.3) is 0 Å². The fourth-order valence-electron chi connectivity index (χ4n) is 5.73. The van der Waals surface area contributed by atoms with Crippen molar-refractivity contribution in [2.75, 3.05) is 39.3 Å². The van der Waals surface area contributed by atoms with Gasteiger partial charge in [0.25, 0.3) is 0 Å². The van der Waals surface area contributed by atoms with Crippen LogP contribution in [0.15, 0.2) is 0 Å². The first-order valence-electron chi connectivity index (χ1n) is 13.9. The molecule has 0 aromatic carbocycles. The van der Waals surface area contributed by atoms with E-state index in [0.29, 0.717) is 26.2 Å². The molecule has 0 radical (unpaired) electrons. The number of nitrogens with zero attached hydrogens (tertiary/aromatic N) is 2. The molecule has 18 heteroatoms. The minimum absolute atomic E-state index is 0.0470. The molecule has 4 rings (SSSR count). The molecule has 3 aliphatic heterocycles. The van der Waals surface area contributed by atoms with Crippen LogP contribution in [0.3, 0.4) is 0 Å². The van der Waals surface area contributed by atoms with Crippen molar-refractivity contribution < 1.29 is 44.2 Å². The molecule has 18 nitrogen and oxygen atoms in total. The predicted molar refractivity (Wildman–Crippen MR) is 142 cm³/mol. The van der Waals surface area contributed by atoms with Crippen LogP contribution >= 0.6 is 0 Å². The Morgan fingerprint density at radius 1 is 0.805 bits per heavy atom. The quantitative estimate of drug-likeness (QED) is 0.0919. The number of aliphatic hydroxyl groups is 4. The average molecular weight is 594 g/mol. The van der Waals surface area contributed by atoms with Gasteiger partial charge in [0.1, 0.15) is 36.6 Å². The van der Waals surface area contributed by atoms with Gasteiger partial charge in [-0.25, -0.2) is 0 Å². The molecular weight excluding hydrogens is 546 g/mol. The predicted octanol–water partition coefficient (Wildman–Crippen LogP) is -6.85. The molecule has 4 aliphatic rings. The van der Waals surface area contributed by atoms with E-state index in [9.17, 15) is 20.4 Å². The number of guanidine groups is 1. The number of piperazine rings is 1. The molecule has 3 saturated heterocycles. The Labute approximate surface area is 238 Å². The van der Waals surface area contributed by atoms with E-state index < -0.39 is 92.2 Å². The van der Waals surface area contributed by atoms with Crippen molar-refractivity contribution >= 4 is 5.96 Å². The lowest BCUT2D eigenvalue weighted by Crippen LogP contribution is -2.69. The van der Waals surface area contributed by atoms with Gasteiger partial charge in [-0.15, -0.1) is 0 Å². The molecule has 1 saturated carbocycles. The van der Waals surface area contributed by atoms with Gasteiger partial charge in [-0.1, -0.05) is 0 Å². The second kappa shape index (κ2) is 14.0. The van der Waals surface area contributed by atoms with E-state index in [-0.39, 0.29) is 25.3 Å². The van der Waals surface area contributed by atoms with E-state index in [0.717, 1.165) is 0 Å². The third-order valence-corrected chi connectivity index (χ3v) is 8.24. The van der Waals surface area contributed by atoms with Gasteiger partial charge in [0.2, 0.25) is 0 Å². The third kappa shape index (κ3) is 7.25. The summed E-state index contributed by atoms with van der Waals surface area (Å²) in [5.41, 5.74) is 36.7. The molecule has 41 heavy (non-hydrogen) atoms. The van der Waals surface area contributed by atoms with Crippen LogP contribution in [-0.2, 0) is 23.8 Å². The second-order valence-electron chi connectivity index (χ2n) is 11.2. The minimum atomic E-state index is -1.45. The van der Waals surface area contributed by atoms with E-state index >= 15 is 0 Å². The van der Waals surface area contributed by atoms with Gasteiger partial charge in [-0.05, 0) is 12.8 Å². The lowest BCUT2D eigenvalue weighted by Gasteiger charge is -2.50. The van der Waals surface area contributed by atoms with Gasteiger partial charge < -0.3 is 78.7 Å². The molecular formula is C23H47N9O9. The topological polar surface area (TPSA) is 314 Å². The van der Waals surface area contributed by atoms with Crippen LogP contribution < -0.4 is 34.4 Å². The molecule has 4 fully saturated rings. The maximum atomic E-state index is 10.7. The maximum Gasteiger partial charge on any atom is 0.188 e. The lowest BCUT2D eigenvalue weighted by molar-refractivity contribution is -0.343. The van der Waals surface area contributed by atoms with Gasteiger partial charge in [-0.2, -0.15) is 5.06 Å². The Kier molecular flexibility index (Phi) is 11.1. The highest BCUT2D eigenvalue weighted by Crippen LogP contribution is 2.33. The van der Waals surface area contributed by atoms with Gasteiger partial charge in [0.15, 0.2) is 18.5 Å². The summed E-state index contributed by atoms with van der Waals surface area (Å²) in [6.07, 6.45) is -10.2. The van der Waals surface area contributed by atoms with Gasteiger partial charge >= 0.3 is 0 Å². The molecule has 3 heterocycles. The number of nitrogens with two attached hydrogens (primary N) is 6. The number of nitrogens with one attached hydrogen (secondary N) is 1. The molecule has 0 spiro atoms. The first-order valence-corrected chi connectivity index (χ1v) is 13.9. The summed E-state index contributed by atoms with van der Waals surface area (Å²) in [5.74, 6) is -0.0470. The first kappa shape index (κ1) is 32.6. The highest BCUT2D eigenvalue weighted by Gasteiger charge is 2.52. The fraction of sp³-hybridized carbons (Fsp3) is 0.957. The molecule has 0 bridgehead atoms. The van der Waals surface area contributed by atoms with Crippen molar-refractivity contribution in [2.45, 2.75) is 98.4 Å². The van der Waals surface area contributed by atoms with Crippen LogP contribution in [0, 0.1) is 5.41 Å². The molecule has 17 N–H and O–H groups in total. The van der Waals surface area contributed by atoms with E-state index in [4.69, 9.17) is 63.6 Å². The molecule has 1 aliphatic carbocycles. The largest absolute Gasteiger partial charge is 0.394 e. The van der Waals surface area contributed by atoms with Crippen molar-refractivity contribution in [1.82, 2.24) is 9.96 Å². The van der Waals surface area contributed by atoms with Gasteiger partial charge in [0, 0.05) is 44.8 Å². The Bertz CT molecular complexity index is 857. The van der Waals surface area contributed by atoms with E-state index in [1.807, 2.05) is 0 Å². The van der Waals surface area contributed by atoms with Crippen molar-refractivity contribution in [3.8, 4) is 0 Å². The summed E-state index contributed by atoms with van der Waals surface area (Å²) in [6.45, 7) is 1.12. The SMILES string of the molecule is N=C(N)N1CCN(O[C@@H]2[C@@H](O[C@H]3O[C@H](CN)[C@@H](O)C[C@H]3N)[C@H](N)C[C@H](N)[C@H]2O[C@H]2O[C@H](CO)[C@@H](O)[C@H](N)[C@H]2O)CC1. The number of hydroxylamine groups is 2. The third-order valence-electron chi connectivity index (χ3n) is 8.24. The molecule has 238 valence electrons. The average Bonchev–Trinajstić information content (AvgIpc) is 2.94. The van der Waals surface area contributed by atoms with E-state index in [1.54, 1.807) is 9.96 Å². The first-order chi connectivity index (χ1) is 19.4. The van der Waals surface area contributed by atoms with Crippen molar-refractivity contribution in [2.24, 2.45) is 34.4 Å². The Morgan fingerprint density at radius 2 is 1.39 bits per heavy atom. The Balaban J connectivity index is 1.57. The van der Waals surface area contributed by atoms with Gasteiger partial charge in [0.05, 0.1) is 30.9 Å². The van der Waals surface area contributed by atoms with Gasteiger partial charge in [-0.3, -0.25) is 10.2 Å². The smallest absolute Gasteiger partial charge is 0.188 e. The minimum Gasteiger partial charge on any atom is -0.394 e. The van der Waals surface area contributed by atoms with Crippen molar-refractivity contribution in [1.29, 1.82) is 5.41 Å². The van der Waals surface area contributed by atoms with Crippen LogP contribution in [-0.4, -0.2) is 161 Å². The summed E-state index contributed by atoms with van der Waals surface area (Å²) in [5, 5.41) is 50.3. The molecule has 0 aromatic heterocycles. The van der Waals surface area contributed by atoms with Crippen molar-refractivity contribution in [3.05, 3.63) is 0 Å². The summed E-state index contributed by atoms with van der Waals surface area (Å²) in [7, 11) is 0. The van der Waals surface area contributed by atoms with Crippen LogP contribution in [0.1, 0.15) is 12.8 Å². The zero-order valence-electron chi connectivity index (χ0n) is 22.9. The summed E-state index contributed by atoms with van der Waals surface area (Å²) < 4.78 is 24.0. The normalized spacial score (nSPS) is 46.4. The number of ether oxygens (including phenoxy) is 4. The number of rotatable bonds is 8. The highest BCUT2D eigenvalue weighted by atomic mass is 16.8. The zero-order chi connectivity index (χ0) is 30.0. The fourth-order valence-corrected chi connectivity index (χ4v) is 5.73. The van der Waals surface area contributed by atoms with Crippen LogP contribution in [0.4, 0.5) is 0 Å². The standard InChI is InChI=1S/C23H47N9O9/c24-7-13-12(34)6-11(27)21(37-13)39-18-9(25)5-10(26)19(20(18)41-32-3-1-31(2-4-32)23(29)30)40-22-17(36)15(28)16(35)14(8-33)38-22/h9-22,33-36H,1-8,24-28H2,(H3,29,30)/t9-,10+,11-,12+,13-,14-,15+,16-,17-,18+,19-,20-,21-,22-/m1/s1. The summed E-state index contributed by atoms with van der Waals surface area (Å²) in [4.78, 5) is 8.10. The number of hydrogen-bond acceptors (Lipinski definition) is 16. The Morgan fingerprint density at radius 3 is 1.95 bits per heavy atom. The summed E-state index contributed by atoms with van der Waals surface area (Å²) >= 11 is 0. The zero-order valence-corrected chi connectivity index (χ0v) is 22.9. The maximum absolute atomic E-state index is 10.7. The second-order valence-corrected chi connectivity index (χ2v) is 11.2. The summed E-state index contributed by atoms with van der Waals surface area (Å²) in [6, 6.07) is -3.21. The van der Waals surface area contributed by atoms with E-state index in [1.165, 1.54) is 0 Å². The molecule has 14 atom stereocenters. The van der Waals surface area contributed by atoms with Crippen LogP contribution in [0.2, 0.25) is 0 Å². The molecule has 0 amide bonds. The lowest BCUT2D eigenvalue weighted by atomic mass is 9.84. The number of aliphatic hydroxyl groups excluding tert-OH is 4. The highest BCUT2D eigenvalue weighted by molar-refractivity contribution is 5.74. The Hall–Kier alpha value is -1.33. The monoisotopic (exact) mass is 593 g/mol. The molecule has 0 unspecified atom stereocenters. The number of hydrogen-bond donors (Lipinski definition) is 11. The van der Waals surface area contributed by atoms with Crippen LogP contribution in [0.5, 0.6) is 0 Å². The van der Waals surface area contributed by atoms with E-state index in [2.05, 4.69) is 0 Å². The molecule has 0 aromatic rings.